The lowest BCUT2D eigenvalue weighted by atomic mass is 9.95. The van der Waals surface area contributed by atoms with Gasteiger partial charge < -0.3 is 34.0 Å². The molecule has 3 amide bonds. The number of urea groups is 1. The molecule has 1 aliphatic rings. The molecule has 44 heavy (non-hydrogen) atoms. The van der Waals surface area contributed by atoms with Crippen LogP contribution < -0.4 is 25.5 Å². The van der Waals surface area contributed by atoms with Crippen molar-refractivity contribution < 1.29 is 42.5 Å². The molecule has 3 aromatic rings. The van der Waals surface area contributed by atoms with Crippen molar-refractivity contribution in [3.8, 4) is 22.8 Å². The van der Waals surface area contributed by atoms with Crippen molar-refractivity contribution in [2.45, 2.75) is 19.9 Å². The lowest BCUT2D eigenvalue weighted by Gasteiger charge is -2.28. The maximum absolute atomic E-state index is 12.6. The Bertz CT molecular complexity index is 1650. The fraction of sp³-hybridized carbons (Fsp3) is 0.233. The maximum atomic E-state index is 12.6. The summed E-state index contributed by atoms with van der Waals surface area (Å²) in [6.07, 6.45) is 1.30. The quantitative estimate of drug-likeness (QED) is 0.162. The molecule has 3 N–H and O–H groups in total. The fourth-order valence-corrected chi connectivity index (χ4v) is 4.47. The Labute approximate surface area is 257 Å². The first-order valence-electron chi connectivity index (χ1n) is 13.2. The molecular weight excluding hydrogens is 596 g/mol. The molecule has 0 aliphatic carbocycles. The molecular formula is C30H29ClN4O9. The number of carbonyl (C=O) groups excluding carboxylic acids is 4. The van der Waals surface area contributed by atoms with E-state index < -0.39 is 36.5 Å². The smallest absolute Gasteiger partial charge is 0.339 e. The molecule has 0 radical (unpaired) electrons. The largest absolute Gasteiger partial charge is 0.493 e. The third kappa shape index (κ3) is 7.36. The summed E-state index contributed by atoms with van der Waals surface area (Å²) in [5.74, 6) is -0.399. The molecule has 13 nitrogen and oxygen atoms in total. The third-order valence-corrected chi connectivity index (χ3v) is 6.64. The average molecular weight is 625 g/mol. The molecule has 14 heteroatoms. The number of hydrogen-bond acceptors (Lipinski definition) is 10. The molecule has 0 spiro atoms. The van der Waals surface area contributed by atoms with E-state index >= 15 is 0 Å². The van der Waals surface area contributed by atoms with E-state index in [2.05, 4.69) is 21.2 Å². The van der Waals surface area contributed by atoms with Gasteiger partial charge >= 0.3 is 18.0 Å². The molecule has 2 aromatic carbocycles. The second kappa shape index (κ2) is 14.2. The Hall–Kier alpha value is -5.30. The molecule has 0 fully saturated rings. The number of hydrazone groups is 1. The number of halogens is 1. The van der Waals surface area contributed by atoms with Gasteiger partial charge in [-0.25, -0.2) is 19.8 Å². The van der Waals surface area contributed by atoms with Gasteiger partial charge in [-0.15, -0.1) is 0 Å². The van der Waals surface area contributed by atoms with Crippen molar-refractivity contribution in [2.75, 3.05) is 27.4 Å². The molecule has 0 bridgehead atoms. The Morgan fingerprint density at radius 1 is 1.07 bits per heavy atom. The summed E-state index contributed by atoms with van der Waals surface area (Å²) in [7, 11) is 2.68. The van der Waals surface area contributed by atoms with Gasteiger partial charge in [-0.3, -0.25) is 4.79 Å². The van der Waals surface area contributed by atoms with Crippen molar-refractivity contribution in [3.63, 3.8) is 0 Å². The lowest BCUT2D eigenvalue weighted by molar-refractivity contribution is -0.139. The van der Waals surface area contributed by atoms with Crippen LogP contribution in [0.5, 0.6) is 11.5 Å². The van der Waals surface area contributed by atoms with Gasteiger partial charge in [-0.05, 0) is 61.9 Å². The number of amides is 3. The maximum Gasteiger partial charge on any atom is 0.339 e. The van der Waals surface area contributed by atoms with Crippen LogP contribution in [0.25, 0.3) is 11.3 Å². The third-order valence-electron chi connectivity index (χ3n) is 6.31. The van der Waals surface area contributed by atoms with Crippen LogP contribution in [-0.2, 0) is 19.1 Å². The Balaban J connectivity index is 1.38. The number of nitrogens with one attached hydrogen (secondary N) is 3. The summed E-state index contributed by atoms with van der Waals surface area (Å²) >= 11 is 6.07. The number of benzene rings is 2. The van der Waals surface area contributed by atoms with E-state index in [9.17, 15) is 19.2 Å². The van der Waals surface area contributed by atoms with Gasteiger partial charge in [0.25, 0.3) is 5.91 Å². The van der Waals surface area contributed by atoms with Crippen LogP contribution >= 0.6 is 11.6 Å². The molecule has 0 saturated carbocycles. The van der Waals surface area contributed by atoms with Gasteiger partial charge in [0.05, 0.1) is 49.2 Å². The van der Waals surface area contributed by atoms with Crippen LogP contribution in [0, 0.1) is 0 Å². The minimum absolute atomic E-state index is 0.170. The number of rotatable bonds is 11. The highest BCUT2D eigenvalue weighted by atomic mass is 35.5. The van der Waals surface area contributed by atoms with Crippen LogP contribution in [0.3, 0.4) is 0 Å². The van der Waals surface area contributed by atoms with Crippen LogP contribution in [0.2, 0.25) is 5.02 Å². The zero-order valence-corrected chi connectivity index (χ0v) is 24.9. The number of allylic oxidation sites excluding steroid dienone is 1. The van der Waals surface area contributed by atoms with E-state index in [0.29, 0.717) is 28.3 Å². The summed E-state index contributed by atoms with van der Waals surface area (Å²) in [4.78, 5) is 49.0. The minimum Gasteiger partial charge on any atom is -0.493 e. The lowest BCUT2D eigenvalue weighted by Crippen LogP contribution is -2.45. The Morgan fingerprint density at radius 2 is 1.86 bits per heavy atom. The summed E-state index contributed by atoms with van der Waals surface area (Å²) in [6, 6.07) is 11.6. The number of hydrogen-bond donors (Lipinski definition) is 3. The Morgan fingerprint density at radius 3 is 2.59 bits per heavy atom. The molecule has 1 unspecified atom stereocenters. The van der Waals surface area contributed by atoms with Gasteiger partial charge in [0, 0.05) is 11.3 Å². The van der Waals surface area contributed by atoms with Gasteiger partial charge in [0.1, 0.15) is 11.5 Å². The highest BCUT2D eigenvalue weighted by Gasteiger charge is 2.32. The van der Waals surface area contributed by atoms with E-state index in [-0.39, 0.29) is 34.3 Å². The second-order valence-corrected chi connectivity index (χ2v) is 9.58. The van der Waals surface area contributed by atoms with Crippen molar-refractivity contribution >= 4 is 41.7 Å². The topological polar surface area (TPSA) is 167 Å². The van der Waals surface area contributed by atoms with E-state index in [1.54, 1.807) is 62.4 Å². The molecule has 4 rings (SSSR count). The highest BCUT2D eigenvalue weighted by Crippen LogP contribution is 2.34. The van der Waals surface area contributed by atoms with E-state index in [0.717, 1.165) is 0 Å². The van der Waals surface area contributed by atoms with Crippen LogP contribution in [0.1, 0.15) is 41.6 Å². The number of nitrogens with zero attached hydrogens (tertiary/aromatic N) is 1. The van der Waals surface area contributed by atoms with E-state index in [4.69, 9.17) is 35.0 Å². The molecule has 1 atom stereocenters. The number of methoxy groups -OCH3 is 2. The van der Waals surface area contributed by atoms with Gasteiger partial charge in [-0.2, -0.15) is 5.10 Å². The molecule has 1 aromatic heterocycles. The summed E-state index contributed by atoms with van der Waals surface area (Å²) in [5, 5.41) is 9.43. The van der Waals surface area contributed by atoms with Gasteiger partial charge in [-0.1, -0.05) is 17.7 Å². The van der Waals surface area contributed by atoms with Crippen LogP contribution in [0.15, 0.2) is 69.3 Å². The SMILES string of the molecule is CCOC(=O)C1=C(C)NC(=O)NC1c1ccc(OCC(=O)NN=Cc2ccc(-c3ccc(Cl)c(C(=O)OC)c3)o2)c(OC)c1. The van der Waals surface area contributed by atoms with E-state index in [1.165, 1.54) is 20.4 Å². The standard InChI is InChI=1S/C30H29ClN4O9/c1-5-42-29(38)26-16(2)33-30(39)34-27(26)18-7-10-23(24(13-18)40-3)43-15-25(36)35-32-14-19-8-11-22(44-19)17-6-9-21(31)20(12-17)28(37)41-4/h6-14,27H,5,15H2,1-4H3,(H,35,36)(H2,33,34,39). The molecule has 2 heterocycles. The highest BCUT2D eigenvalue weighted by molar-refractivity contribution is 6.33. The number of esters is 2. The predicted molar refractivity (Wildman–Crippen MR) is 158 cm³/mol. The summed E-state index contributed by atoms with van der Waals surface area (Å²) in [6.45, 7) is 3.08. The van der Waals surface area contributed by atoms with Crippen molar-refractivity contribution in [1.29, 1.82) is 0 Å². The second-order valence-electron chi connectivity index (χ2n) is 9.17. The zero-order valence-electron chi connectivity index (χ0n) is 24.2. The molecule has 230 valence electrons. The van der Waals surface area contributed by atoms with Crippen LogP contribution in [0.4, 0.5) is 4.79 Å². The first-order chi connectivity index (χ1) is 21.1. The minimum atomic E-state index is -0.792. The van der Waals surface area contributed by atoms with E-state index in [1.807, 2.05) is 0 Å². The normalized spacial score (nSPS) is 14.5. The van der Waals surface area contributed by atoms with Crippen molar-refractivity contribution in [2.24, 2.45) is 5.10 Å². The Kier molecular flexibility index (Phi) is 10.2. The molecule has 0 saturated heterocycles. The molecule has 1 aliphatic heterocycles. The predicted octanol–water partition coefficient (Wildman–Crippen LogP) is 4.12. The first kappa shape index (κ1) is 31.6. The van der Waals surface area contributed by atoms with Crippen LogP contribution in [-0.4, -0.2) is 57.5 Å². The number of carbonyl (C=O) groups is 4. The average Bonchev–Trinajstić information content (AvgIpc) is 3.48. The summed E-state index contributed by atoms with van der Waals surface area (Å²) in [5.41, 5.74) is 4.30. The number of ether oxygens (including phenoxy) is 4. The van der Waals surface area contributed by atoms with Crippen molar-refractivity contribution in [1.82, 2.24) is 16.1 Å². The number of furan rings is 1. The van der Waals surface area contributed by atoms with Gasteiger partial charge in [0.2, 0.25) is 0 Å². The fourth-order valence-electron chi connectivity index (χ4n) is 4.27. The summed E-state index contributed by atoms with van der Waals surface area (Å²) < 4.78 is 26.7. The first-order valence-corrected chi connectivity index (χ1v) is 13.6. The van der Waals surface area contributed by atoms with Gasteiger partial charge in [0.15, 0.2) is 18.1 Å². The monoisotopic (exact) mass is 624 g/mol. The zero-order chi connectivity index (χ0) is 31.8. The van der Waals surface area contributed by atoms with Crippen molar-refractivity contribution in [3.05, 3.63) is 81.7 Å².